The van der Waals surface area contributed by atoms with E-state index < -0.39 is 0 Å². The summed E-state index contributed by atoms with van der Waals surface area (Å²) in [6.07, 6.45) is 0. The molecular formula is C17H20N2O3. The van der Waals surface area contributed by atoms with Crippen LogP contribution in [0.3, 0.4) is 0 Å². The van der Waals surface area contributed by atoms with Gasteiger partial charge in [0.1, 0.15) is 11.5 Å². The van der Waals surface area contributed by atoms with Crippen molar-refractivity contribution in [2.75, 3.05) is 38.5 Å². The third-order valence-corrected chi connectivity index (χ3v) is 3.28. The number of hydrogen-bond acceptors (Lipinski definition) is 4. The Morgan fingerprint density at radius 2 is 1.82 bits per heavy atom. The Labute approximate surface area is 130 Å². The van der Waals surface area contributed by atoms with Crippen LogP contribution in [-0.2, 0) is 0 Å². The fourth-order valence-electron chi connectivity index (χ4n) is 2.03. The van der Waals surface area contributed by atoms with Crippen LogP contribution < -0.4 is 19.7 Å². The summed E-state index contributed by atoms with van der Waals surface area (Å²) >= 11 is 0. The second-order valence-corrected chi connectivity index (χ2v) is 4.97. The Hall–Kier alpha value is -2.69. The highest BCUT2D eigenvalue weighted by atomic mass is 16.5. The molecule has 0 fully saturated rings. The first-order valence-corrected chi connectivity index (χ1v) is 6.86. The minimum atomic E-state index is -0.199. The smallest absolute Gasteiger partial charge is 0.255 e. The highest BCUT2D eigenvalue weighted by Gasteiger charge is 2.11. The van der Waals surface area contributed by atoms with Gasteiger partial charge in [-0.1, -0.05) is 6.07 Å². The van der Waals surface area contributed by atoms with Gasteiger partial charge in [-0.2, -0.15) is 0 Å². The Kier molecular flexibility index (Phi) is 4.88. The topological polar surface area (TPSA) is 50.8 Å². The molecule has 22 heavy (non-hydrogen) atoms. The number of hydrogen-bond donors (Lipinski definition) is 1. The summed E-state index contributed by atoms with van der Waals surface area (Å²) in [4.78, 5) is 14.4. The van der Waals surface area contributed by atoms with Gasteiger partial charge in [-0.25, -0.2) is 0 Å². The van der Waals surface area contributed by atoms with Crippen LogP contribution in [0.1, 0.15) is 10.4 Å². The van der Waals surface area contributed by atoms with Crippen LogP contribution in [0.15, 0.2) is 42.5 Å². The molecule has 2 aromatic carbocycles. The molecule has 0 aliphatic heterocycles. The summed E-state index contributed by atoms with van der Waals surface area (Å²) in [5.41, 5.74) is 2.11. The standard InChI is InChI=1S/C17H20N2O3/c1-19(2)13-7-5-6-12(10-13)17(20)18-15-11-14(21-3)8-9-16(15)22-4/h5-11H,1-4H3,(H,18,20). The van der Waals surface area contributed by atoms with Crippen molar-refractivity contribution < 1.29 is 14.3 Å². The number of anilines is 2. The number of amides is 1. The molecule has 5 nitrogen and oxygen atoms in total. The Morgan fingerprint density at radius 3 is 2.45 bits per heavy atom. The molecule has 0 atom stereocenters. The lowest BCUT2D eigenvalue weighted by molar-refractivity contribution is 0.102. The van der Waals surface area contributed by atoms with Crippen LogP contribution in [0.4, 0.5) is 11.4 Å². The molecule has 0 bridgehead atoms. The number of carbonyl (C=O) groups is 1. The minimum Gasteiger partial charge on any atom is -0.497 e. The fourth-order valence-corrected chi connectivity index (χ4v) is 2.03. The van der Waals surface area contributed by atoms with E-state index in [1.54, 1.807) is 38.5 Å². The zero-order valence-electron chi connectivity index (χ0n) is 13.2. The molecule has 2 rings (SSSR count). The van der Waals surface area contributed by atoms with Crippen molar-refractivity contribution >= 4 is 17.3 Å². The number of ether oxygens (including phenoxy) is 2. The van der Waals surface area contributed by atoms with Crippen molar-refractivity contribution in [3.8, 4) is 11.5 Å². The first-order chi connectivity index (χ1) is 10.5. The molecule has 1 amide bonds. The van der Waals surface area contributed by atoms with Gasteiger partial charge in [0.2, 0.25) is 0 Å². The van der Waals surface area contributed by atoms with Crippen LogP contribution >= 0.6 is 0 Å². The summed E-state index contributed by atoms with van der Waals surface area (Å²) < 4.78 is 10.4. The molecule has 0 aromatic heterocycles. The van der Waals surface area contributed by atoms with Crippen LogP contribution in [-0.4, -0.2) is 34.2 Å². The maximum Gasteiger partial charge on any atom is 0.255 e. The Balaban J connectivity index is 2.26. The second-order valence-electron chi connectivity index (χ2n) is 4.97. The Bertz CT molecular complexity index is 669. The van der Waals surface area contributed by atoms with Gasteiger partial charge in [0.15, 0.2) is 0 Å². The van der Waals surface area contributed by atoms with Crippen LogP contribution in [0, 0.1) is 0 Å². The molecule has 0 saturated heterocycles. The van der Waals surface area contributed by atoms with Crippen molar-refractivity contribution in [3.05, 3.63) is 48.0 Å². The number of benzene rings is 2. The first-order valence-electron chi connectivity index (χ1n) is 6.86. The van der Waals surface area contributed by atoms with Gasteiger partial charge in [0, 0.05) is 31.4 Å². The first kappa shape index (κ1) is 15.7. The highest BCUT2D eigenvalue weighted by molar-refractivity contribution is 6.05. The van der Waals surface area contributed by atoms with Crippen molar-refractivity contribution in [3.63, 3.8) is 0 Å². The van der Waals surface area contributed by atoms with E-state index in [0.717, 1.165) is 5.69 Å². The van der Waals surface area contributed by atoms with Crippen LogP contribution in [0.25, 0.3) is 0 Å². The van der Waals surface area contributed by atoms with Gasteiger partial charge in [0.05, 0.1) is 19.9 Å². The molecule has 0 heterocycles. The third kappa shape index (κ3) is 3.49. The largest absolute Gasteiger partial charge is 0.497 e. The van der Waals surface area contributed by atoms with E-state index >= 15 is 0 Å². The fraction of sp³-hybridized carbons (Fsp3) is 0.235. The number of rotatable bonds is 5. The van der Waals surface area contributed by atoms with Gasteiger partial charge in [-0.3, -0.25) is 4.79 Å². The van der Waals surface area contributed by atoms with E-state index in [2.05, 4.69) is 5.32 Å². The number of nitrogens with zero attached hydrogens (tertiary/aromatic N) is 1. The lowest BCUT2D eigenvalue weighted by Crippen LogP contribution is -2.14. The zero-order valence-corrected chi connectivity index (χ0v) is 13.2. The lowest BCUT2D eigenvalue weighted by atomic mass is 10.1. The number of carbonyl (C=O) groups excluding carboxylic acids is 1. The maximum atomic E-state index is 12.4. The van der Waals surface area contributed by atoms with Crippen molar-refractivity contribution in [1.29, 1.82) is 0 Å². The molecule has 0 spiro atoms. The number of nitrogens with one attached hydrogen (secondary N) is 1. The molecule has 0 aliphatic rings. The molecule has 0 saturated carbocycles. The molecule has 2 aromatic rings. The van der Waals surface area contributed by atoms with E-state index in [4.69, 9.17) is 9.47 Å². The van der Waals surface area contributed by atoms with E-state index in [-0.39, 0.29) is 5.91 Å². The average molecular weight is 300 g/mol. The summed E-state index contributed by atoms with van der Waals surface area (Å²) in [6, 6.07) is 12.7. The monoisotopic (exact) mass is 300 g/mol. The zero-order chi connectivity index (χ0) is 16.1. The molecule has 116 valence electrons. The molecule has 0 aliphatic carbocycles. The summed E-state index contributed by atoms with van der Waals surface area (Å²) in [7, 11) is 7.00. The van der Waals surface area contributed by atoms with Crippen LogP contribution in [0.2, 0.25) is 0 Å². The van der Waals surface area contributed by atoms with E-state index in [1.165, 1.54) is 0 Å². The summed E-state index contributed by atoms with van der Waals surface area (Å²) in [5, 5.41) is 2.86. The molecule has 0 radical (unpaired) electrons. The van der Waals surface area contributed by atoms with E-state index in [9.17, 15) is 4.79 Å². The minimum absolute atomic E-state index is 0.199. The van der Waals surface area contributed by atoms with E-state index in [0.29, 0.717) is 22.7 Å². The van der Waals surface area contributed by atoms with Gasteiger partial charge >= 0.3 is 0 Å². The second kappa shape index (κ2) is 6.85. The number of methoxy groups -OCH3 is 2. The predicted octanol–water partition coefficient (Wildman–Crippen LogP) is 3.02. The SMILES string of the molecule is COc1ccc(OC)c(NC(=O)c2cccc(N(C)C)c2)c1. The molecule has 5 heteroatoms. The van der Waals surface area contributed by atoms with Gasteiger partial charge in [0.25, 0.3) is 5.91 Å². The van der Waals surface area contributed by atoms with Gasteiger partial charge in [-0.05, 0) is 30.3 Å². The molecular weight excluding hydrogens is 280 g/mol. The van der Waals surface area contributed by atoms with Crippen molar-refractivity contribution in [1.82, 2.24) is 0 Å². The van der Waals surface area contributed by atoms with Crippen molar-refractivity contribution in [2.45, 2.75) is 0 Å². The van der Waals surface area contributed by atoms with Crippen molar-refractivity contribution in [2.24, 2.45) is 0 Å². The van der Waals surface area contributed by atoms with E-state index in [1.807, 2.05) is 37.2 Å². The summed E-state index contributed by atoms with van der Waals surface area (Å²) in [5.74, 6) is 1.03. The predicted molar refractivity (Wildman–Crippen MR) is 88.3 cm³/mol. The highest BCUT2D eigenvalue weighted by Crippen LogP contribution is 2.29. The lowest BCUT2D eigenvalue weighted by Gasteiger charge is -2.14. The van der Waals surface area contributed by atoms with Gasteiger partial charge in [-0.15, -0.1) is 0 Å². The Morgan fingerprint density at radius 1 is 1.05 bits per heavy atom. The molecule has 1 N–H and O–H groups in total. The summed E-state index contributed by atoms with van der Waals surface area (Å²) in [6.45, 7) is 0. The third-order valence-electron chi connectivity index (χ3n) is 3.28. The normalized spacial score (nSPS) is 10.0. The average Bonchev–Trinajstić information content (AvgIpc) is 2.54. The molecule has 0 unspecified atom stereocenters. The quantitative estimate of drug-likeness (QED) is 0.922. The van der Waals surface area contributed by atoms with Crippen LogP contribution in [0.5, 0.6) is 11.5 Å². The maximum absolute atomic E-state index is 12.4. The van der Waals surface area contributed by atoms with Gasteiger partial charge < -0.3 is 19.7 Å².